The summed E-state index contributed by atoms with van der Waals surface area (Å²) in [5.74, 6) is -0.983. The molecule has 4 nitrogen and oxygen atoms in total. The number of carboxylic acid groups (broad SMARTS) is 1. The fraction of sp³-hybridized carbons (Fsp3) is 0.273. The van der Waals surface area contributed by atoms with Gasteiger partial charge in [-0.3, -0.25) is 10.1 Å². The van der Waals surface area contributed by atoms with Crippen LogP contribution in [0.2, 0.25) is 5.02 Å². The first-order valence-corrected chi connectivity index (χ1v) is 5.14. The first-order valence-electron chi connectivity index (χ1n) is 4.76. The van der Waals surface area contributed by atoms with E-state index in [1.165, 1.54) is 0 Å². The number of hydrogen-bond donors (Lipinski definition) is 2. The van der Waals surface area contributed by atoms with Gasteiger partial charge in [-0.2, -0.15) is 0 Å². The van der Waals surface area contributed by atoms with Gasteiger partial charge in [0.15, 0.2) is 0 Å². The van der Waals surface area contributed by atoms with Gasteiger partial charge in [0.2, 0.25) is 0 Å². The smallest absolute Gasteiger partial charge is 0.317 e. The number of rotatable bonds is 6. The van der Waals surface area contributed by atoms with Gasteiger partial charge < -0.3 is 9.90 Å². The van der Waals surface area contributed by atoms with Gasteiger partial charge in [-0.05, 0) is 24.1 Å². The van der Waals surface area contributed by atoms with Crippen molar-refractivity contribution in [2.24, 2.45) is 0 Å². The van der Waals surface area contributed by atoms with E-state index >= 15 is 0 Å². The van der Waals surface area contributed by atoms with E-state index in [0.717, 1.165) is 5.56 Å². The third-order valence-corrected chi connectivity index (χ3v) is 2.30. The van der Waals surface area contributed by atoms with Gasteiger partial charge in [-0.15, -0.1) is 0 Å². The molecule has 0 bridgehead atoms. The molecule has 16 heavy (non-hydrogen) atoms. The van der Waals surface area contributed by atoms with E-state index < -0.39 is 12.0 Å². The van der Waals surface area contributed by atoms with E-state index in [9.17, 15) is 9.59 Å². The van der Waals surface area contributed by atoms with Gasteiger partial charge in [0, 0.05) is 5.02 Å². The lowest BCUT2D eigenvalue weighted by Gasteiger charge is -2.10. The molecule has 0 amide bonds. The van der Waals surface area contributed by atoms with E-state index in [-0.39, 0.29) is 6.54 Å². The number of aldehydes is 1. The second kappa shape index (κ2) is 6.25. The summed E-state index contributed by atoms with van der Waals surface area (Å²) in [7, 11) is 0. The van der Waals surface area contributed by atoms with Crippen molar-refractivity contribution >= 4 is 23.9 Å². The Labute approximate surface area is 98.2 Å². The monoisotopic (exact) mass is 241 g/mol. The molecule has 0 saturated carbocycles. The molecule has 5 heteroatoms. The number of halogens is 1. The summed E-state index contributed by atoms with van der Waals surface area (Å²) in [6.07, 6.45) is 1.16. The minimum atomic E-state index is -0.983. The summed E-state index contributed by atoms with van der Waals surface area (Å²) < 4.78 is 0. The van der Waals surface area contributed by atoms with E-state index in [2.05, 4.69) is 5.32 Å². The average Bonchev–Trinajstić information content (AvgIpc) is 2.26. The highest BCUT2D eigenvalue weighted by Crippen LogP contribution is 2.10. The van der Waals surface area contributed by atoms with Gasteiger partial charge in [0.25, 0.3) is 0 Å². The number of carboxylic acids is 1. The number of hydrogen-bond acceptors (Lipinski definition) is 3. The SMILES string of the molecule is O=C[C@H](Cc1ccc(Cl)cc1)NCC(=O)O. The summed E-state index contributed by atoms with van der Waals surface area (Å²) in [5, 5.41) is 11.7. The molecule has 0 heterocycles. The van der Waals surface area contributed by atoms with Crippen molar-refractivity contribution in [3.63, 3.8) is 0 Å². The van der Waals surface area contributed by atoms with E-state index in [0.29, 0.717) is 17.7 Å². The Morgan fingerprint density at radius 2 is 2.06 bits per heavy atom. The highest BCUT2D eigenvalue weighted by atomic mass is 35.5. The molecule has 0 saturated heterocycles. The van der Waals surface area contributed by atoms with Crippen LogP contribution in [-0.2, 0) is 16.0 Å². The maximum Gasteiger partial charge on any atom is 0.317 e. The zero-order valence-electron chi connectivity index (χ0n) is 8.52. The molecule has 1 rings (SSSR count). The molecular weight excluding hydrogens is 230 g/mol. The molecule has 1 atom stereocenters. The third-order valence-electron chi connectivity index (χ3n) is 2.05. The van der Waals surface area contributed by atoms with Crippen LogP contribution in [0.25, 0.3) is 0 Å². The fourth-order valence-electron chi connectivity index (χ4n) is 1.26. The summed E-state index contributed by atoms with van der Waals surface area (Å²) in [6, 6.07) is 6.59. The molecule has 0 aliphatic heterocycles. The van der Waals surface area contributed by atoms with Crippen LogP contribution in [0.4, 0.5) is 0 Å². The number of carbonyl (C=O) groups is 2. The van der Waals surface area contributed by atoms with Gasteiger partial charge in [0.1, 0.15) is 6.29 Å². The molecule has 2 N–H and O–H groups in total. The Kier molecular flexibility index (Phi) is 4.95. The van der Waals surface area contributed by atoms with Gasteiger partial charge >= 0.3 is 5.97 Å². The lowest BCUT2D eigenvalue weighted by atomic mass is 10.1. The minimum Gasteiger partial charge on any atom is -0.480 e. The number of aliphatic carboxylic acids is 1. The van der Waals surface area contributed by atoms with Crippen molar-refractivity contribution in [1.29, 1.82) is 0 Å². The van der Waals surface area contributed by atoms with Crippen LogP contribution in [0.5, 0.6) is 0 Å². The highest BCUT2D eigenvalue weighted by Gasteiger charge is 2.09. The van der Waals surface area contributed by atoms with E-state index in [1.54, 1.807) is 24.3 Å². The molecule has 0 radical (unpaired) electrons. The van der Waals surface area contributed by atoms with E-state index in [4.69, 9.17) is 16.7 Å². The van der Waals surface area contributed by atoms with Crippen LogP contribution in [0, 0.1) is 0 Å². The van der Waals surface area contributed by atoms with Crippen LogP contribution in [-0.4, -0.2) is 29.9 Å². The largest absolute Gasteiger partial charge is 0.480 e. The van der Waals surface area contributed by atoms with Crippen LogP contribution in [0.15, 0.2) is 24.3 Å². The molecule has 0 fully saturated rings. The van der Waals surface area contributed by atoms with Crippen molar-refractivity contribution < 1.29 is 14.7 Å². The predicted molar refractivity (Wildman–Crippen MR) is 60.6 cm³/mol. The standard InChI is InChI=1S/C11H12ClNO3/c12-9-3-1-8(2-4-9)5-10(7-14)13-6-11(15)16/h1-4,7,10,13H,5-6H2,(H,15,16)/t10-/m0/s1. The van der Waals surface area contributed by atoms with Crippen LogP contribution < -0.4 is 5.32 Å². The Hall–Kier alpha value is -1.39. The fourth-order valence-corrected chi connectivity index (χ4v) is 1.39. The lowest BCUT2D eigenvalue weighted by molar-refractivity contribution is -0.136. The molecule has 1 aromatic rings. The van der Waals surface area contributed by atoms with Crippen molar-refractivity contribution in [2.75, 3.05) is 6.54 Å². The average molecular weight is 242 g/mol. The summed E-state index contributed by atoms with van der Waals surface area (Å²) in [4.78, 5) is 21.0. The van der Waals surface area contributed by atoms with Gasteiger partial charge in [-0.1, -0.05) is 23.7 Å². The molecule has 86 valence electrons. The predicted octanol–water partition coefficient (Wildman–Crippen LogP) is 1.12. The third kappa shape index (κ3) is 4.42. The van der Waals surface area contributed by atoms with Crippen LogP contribution in [0.3, 0.4) is 0 Å². The topological polar surface area (TPSA) is 66.4 Å². The maximum absolute atomic E-state index is 10.7. The number of benzene rings is 1. The number of carbonyl (C=O) groups excluding carboxylic acids is 1. The van der Waals surface area contributed by atoms with Crippen LogP contribution in [0.1, 0.15) is 5.56 Å². The first-order chi connectivity index (χ1) is 7.61. The Bertz CT molecular complexity index is 364. The molecule has 0 aliphatic carbocycles. The zero-order valence-corrected chi connectivity index (χ0v) is 9.28. The molecular formula is C11H12ClNO3. The second-order valence-electron chi connectivity index (χ2n) is 3.35. The molecule has 0 spiro atoms. The summed E-state index contributed by atoms with van der Waals surface area (Å²) in [5.41, 5.74) is 0.930. The van der Waals surface area contributed by atoms with Crippen molar-refractivity contribution in [2.45, 2.75) is 12.5 Å². The first kappa shape index (κ1) is 12.7. The van der Waals surface area contributed by atoms with Gasteiger partial charge in [0.05, 0.1) is 12.6 Å². The Morgan fingerprint density at radius 3 is 2.56 bits per heavy atom. The highest BCUT2D eigenvalue weighted by molar-refractivity contribution is 6.30. The van der Waals surface area contributed by atoms with E-state index in [1.807, 2.05) is 0 Å². The second-order valence-corrected chi connectivity index (χ2v) is 3.78. The summed E-state index contributed by atoms with van der Waals surface area (Å²) in [6.45, 7) is -0.225. The molecule has 1 aromatic carbocycles. The molecule has 0 aromatic heterocycles. The van der Waals surface area contributed by atoms with Crippen molar-refractivity contribution in [3.8, 4) is 0 Å². The maximum atomic E-state index is 10.7. The van der Waals surface area contributed by atoms with Crippen LogP contribution >= 0.6 is 11.6 Å². The quantitative estimate of drug-likeness (QED) is 0.733. The normalized spacial score (nSPS) is 12.1. The summed E-state index contributed by atoms with van der Waals surface area (Å²) >= 11 is 5.72. The lowest BCUT2D eigenvalue weighted by Crippen LogP contribution is -2.36. The molecule has 0 unspecified atom stereocenters. The zero-order chi connectivity index (χ0) is 12.0. The minimum absolute atomic E-state index is 0.225. The van der Waals surface area contributed by atoms with Gasteiger partial charge in [-0.25, -0.2) is 0 Å². The molecule has 0 aliphatic rings. The Morgan fingerprint density at radius 1 is 1.44 bits per heavy atom. The number of nitrogens with one attached hydrogen (secondary N) is 1. The van der Waals surface area contributed by atoms with Crippen molar-refractivity contribution in [1.82, 2.24) is 5.32 Å². The Balaban J connectivity index is 2.52. The van der Waals surface area contributed by atoms with Crippen molar-refractivity contribution in [3.05, 3.63) is 34.9 Å².